The van der Waals surface area contributed by atoms with Crippen molar-refractivity contribution in [1.29, 1.82) is 0 Å². The summed E-state index contributed by atoms with van der Waals surface area (Å²) in [4.78, 5) is 24.7. The lowest BCUT2D eigenvalue weighted by Gasteiger charge is -2.16. The van der Waals surface area contributed by atoms with Gasteiger partial charge in [-0.25, -0.2) is 0 Å². The van der Waals surface area contributed by atoms with Gasteiger partial charge in [0.25, 0.3) is 5.56 Å². The number of carbonyl (C=O) groups excluding carboxylic acids is 1. The summed E-state index contributed by atoms with van der Waals surface area (Å²) < 4.78 is 2.78. The number of Topliss-reactive ketones (excluding diaryl/α,β-unsaturated/α-hetero) is 1. The van der Waals surface area contributed by atoms with Gasteiger partial charge >= 0.3 is 0 Å². The first kappa shape index (κ1) is 18.4. The molecule has 0 saturated heterocycles. The van der Waals surface area contributed by atoms with E-state index in [9.17, 15) is 9.59 Å². The number of aromatic amines is 1. The molecule has 0 atom stereocenters. The lowest BCUT2D eigenvalue weighted by molar-refractivity contribution is -0.120. The molecule has 24 heavy (non-hydrogen) atoms. The highest BCUT2D eigenvalue weighted by atomic mass is 32.1. The van der Waals surface area contributed by atoms with Crippen molar-refractivity contribution in [3.05, 3.63) is 37.0 Å². The summed E-state index contributed by atoms with van der Waals surface area (Å²) in [6.45, 7) is 11.9. The van der Waals surface area contributed by atoms with E-state index in [1.807, 2.05) is 26.8 Å². The van der Waals surface area contributed by atoms with Gasteiger partial charge in [-0.05, 0) is 6.08 Å². The Morgan fingerprint density at radius 3 is 2.42 bits per heavy atom. The van der Waals surface area contributed by atoms with Crippen LogP contribution >= 0.6 is 11.3 Å². The minimum atomic E-state index is -0.464. The fraction of sp³-hybridized carbons (Fsp3) is 0.500. The molecule has 2 heterocycles. The van der Waals surface area contributed by atoms with Gasteiger partial charge in [-0.2, -0.15) is 5.10 Å². The van der Waals surface area contributed by atoms with Crippen molar-refractivity contribution in [2.45, 2.75) is 47.0 Å². The van der Waals surface area contributed by atoms with Gasteiger partial charge in [-0.3, -0.25) is 14.7 Å². The van der Waals surface area contributed by atoms with E-state index in [0.717, 1.165) is 11.3 Å². The van der Waals surface area contributed by atoms with Gasteiger partial charge in [0.15, 0.2) is 5.78 Å². The summed E-state index contributed by atoms with van der Waals surface area (Å²) in [6.07, 6.45) is 5.13. The zero-order valence-corrected chi connectivity index (χ0v) is 16.2. The number of rotatable bonds is 2. The normalized spacial score (nSPS) is 14.5. The number of hydrogen-bond donors (Lipinski definition) is 1. The van der Waals surface area contributed by atoms with E-state index < -0.39 is 5.41 Å². The van der Waals surface area contributed by atoms with Crippen LogP contribution < -0.4 is 14.8 Å². The maximum absolute atomic E-state index is 12.5. The molecule has 0 unspecified atom stereocenters. The van der Waals surface area contributed by atoms with Crippen LogP contribution in [0.1, 0.15) is 52.8 Å². The van der Waals surface area contributed by atoms with E-state index >= 15 is 0 Å². The molecule has 0 aliphatic carbocycles. The minimum absolute atomic E-state index is 0.00425. The van der Waals surface area contributed by atoms with Crippen LogP contribution in [0, 0.1) is 5.41 Å². The number of hydrogen-bond acceptors (Lipinski definition) is 4. The molecule has 2 aromatic rings. The Bertz CT molecular complexity index is 931. The number of carbonyl (C=O) groups is 1. The van der Waals surface area contributed by atoms with Gasteiger partial charge in [0.2, 0.25) is 0 Å². The standard InChI is InChI=1S/C18H25N3O2S/c1-17(2,3)13(22)9-14-21(7)16(23)12(24-14)8-11-10-19-20-15(11)18(4,5)6/h8-10H,1-7H3,(H,19,20). The highest BCUT2D eigenvalue weighted by Crippen LogP contribution is 2.23. The van der Waals surface area contributed by atoms with Gasteiger partial charge in [-0.1, -0.05) is 41.5 Å². The topological polar surface area (TPSA) is 67.8 Å². The molecule has 2 aromatic heterocycles. The number of thiazole rings is 1. The Balaban J connectivity index is 2.62. The zero-order chi connectivity index (χ0) is 18.3. The SMILES string of the molecule is Cn1c(=CC(=O)C(C)(C)C)sc(=Cc2cn[nH]c2C(C)(C)C)c1=O. The second kappa shape index (κ2) is 6.16. The summed E-state index contributed by atoms with van der Waals surface area (Å²) in [5, 5.41) is 7.11. The molecule has 6 heteroatoms. The van der Waals surface area contributed by atoms with E-state index in [1.165, 1.54) is 15.9 Å². The molecule has 0 bridgehead atoms. The third-order valence-electron chi connectivity index (χ3n) is 3.76. The van der Waals surface area contributed by atoms with Crippen molar-refractivity contribution in [1.82, 2.24) is 14.8 Å². The summed E-state index contributed by atoms with van der Waals surface area (Å²) in [5.74, 6) is 0.00425. The molecule has 0 spiro atoms. The van der Waals surface area contributed by atoms with Crippen molar-refractivity contribution in [3.8, 4) is 0 Å². The zero-order valence-electron chi connectivity index (χ0n) is 15.4. The Labute approximate surface area is 145 Å². The van der Waals surface area contributed by atoms with Crippen molar-refractivity contribution >= 4 is 29.3 Å². The monoisotopic (exact) mass is 347 g/mol. The lowest BCUT2D eigenvalue weighted by Crippen LogP contribution is -2.30. The number of H-pyrrole nitrogens is 1. The van der Waals surface area contributed by atoms with Crippen molar-refractivity contribution in [3.63, 3.8) is 0 Å². The number of ketones is 1. The molecular weight excluding hydrogens is 322 g/mol. The number of nitrogens with zero attached hydrogens (tertiary/aromatic N) is 2. The molecule has 5 nitrogen and oxygen atoms in total. The van der Waals surface area contributed by atoms with E-state index in [2.05, 4.69) is 31.0 Å². The number of aromatic nitrogens is 3. The van der Waals surface area contributed by atoms with E-state index in [1.54, 1.807) is 19.3 Å². The predicted molar refractivity (Wildman–Crippen MR) is 98.6 cm³/mol. The molecule has 0 amide bonds. The molecular formula is C18H25N3O2S. The average Bonchev–Trinajstić information content (AvgIpc) is 2.99. The predicted octanol–water partition coefficient (Wildman–Crippen LogP) is 1.69. The van der Waals surface area contributed by atoms with Gasteiger partial charge in [0.05, 0.1) is 10.7 Å². The fourth-order valence-corrected chi connectivity index (χ4v) is 3.20. The molecule has 0 aliphatic rings. The highest BCUT2D eigenvalue weighted by Gasteiger charge is 2.20. The van der Waals surface area contributed by atoms with Crippen LogP contribution in [0.15, 0.2) is 11.0 Å². The summed E-state index contributed by atoms with van der Waals surface area (Å²) in [5.41, 5.74) is 1.22. The first-order valence-electron chi connectivity index (χ1n) is 7.89. The third-order valence-corrected chi connectivity index (χ3v) is 4.87. The Morgan fingerprint density at radius 1 is 1.25 bits per heavy atom. The van der Waals surface area contributed by atoms with Crippen LogP contribution in [-0.4, -0.2) is 20.5 Å². The Hall–Kier alpha value is -1.95. The maximum atomic E-state index is 12.5. The van der Waals surface area contributed by atoms with Gasteiger partial charge < -0.3 is 4.57 Å². The summed E-state index contributed by atoms with van der Waals surface area (Å²) >= 11 is 1.32. The van der Waals surface area contributed by atoms with Crippen molar-refractivity contribution < 1.29 is 4.79 Å². The first-order chi connectivity index (χ1) is 10.9. The van der Waals surface area contributed by atoms with Gasteiger partial charge in [-0.15, -0.1) is 11.3 Å². The summed E-state index contributed by atoms with van der Waals surface area (Å²) in [7, 11) is 1.69. The molecule has 0 aromatic carbocycles. The molecule has 0 saturated carbocycles. The van der Waals surface area contributed by atoms with Crippen LogP contribution in [0.4, 0.5) is 0 Å². The molecule has 0 fully saturated rings. The molecule has 130 valence electrons. The third kappa shape index (κ3) is 3.75. The summed E-state index contributed by atoms with van der Waals surface area (Å²) in [6, 6.07) is 0. The van der Waals surface area contributed by atoms with Crippen molar-refractivity contribution in [2.75, 3.05) is 0 Å². The van der Waals surface area contributed by atoms with Crippen LogP contribution in [0.25, 0.3) is 12.2 Å². The maximum Gasteiger partial charge on any atom is 0.268 e. The van der Waals surface area contributed by atoms with Crippen LogP contribution in [0.5, 0.6) is 0 Å². The Kier molecular flexibility index (Phi) is 4.72. The minimum Gasteiger partial charge on any atom is -0.302 e. The second-order valence-corrected chi connectivity index (χ2v) is 9.08. The van der Waals surface area contributed by atoms with Gasteiger partial charge in [0, 0.05) is 35.2 Å². The van der Waals surface area contributed by atoms with E-state index in [4.69, 9.17) is 0 Å². The fourth-order valence-electron chi connectivity index (χ4n) is 2.18. The van der Waals surface area contributed by atoms with Crippen molar-refractivity contribution in [2.24, 2.45) is 12.5 Å². The largest absolute Gasteiger partial charge is 0.302 e. The lowest BCUT2D eigenvalue weighted by atomic mass is 9.89. The number of nitrogens with one attached hydrogen (secondary N) is 1. The van der Waals surface area contributed by atoms with Gasteiger partial charge in [0.1, 0.15) is 4.66 Å². The van der Waals surface area contributed by atoms with E-state index in [-0.39, 0.29) is 16.8 Å². The Morgan fingerprint density at radius 2 is 1.88 bits per heavy atom. The molecule has 2 rings (SSSR count). The average molecular weight is 347 g/mol. The first-order valence-corrected chi connectivity index (χ1v) is 8.70. The molecule has 1 N–H and O–H groups in total. The molecule has 0 radical (unpaired) electrons. The van der Waals surface area contributed by atoms with E-state index in [0.29, 0.717) is 9.20 Å². The van der Waals surface area contributed by atoms with Crippen LogP contribution in [0.2, 0.25) is 0 Å². The molecule has 0 aliphatic heterocycles. The quantitative estimate of drug-likeness (QED) is 0.899. The van der Waals surface area contributed by atoms with Crippen LogP contribution in [-0.2, 0) is 17.3 Å². The smallest absolute Gasteiger partial charge is 0.268 e. The second-order valence-electron chi connectivity index (χ2n) is 8.02. The highest BCUT2D eigenvalue weighted by molar-refractivity contribution is 7.07. The van der Waals surface area contributed by atoms with Crippen LogP contribution in [0.3, 0.4) is 0 Å².